The van der Waals surface area contributed by atoms with Crippen molar-refractivity contribution < 1.29 is 0 Å². The highest BCUT2D eigenvalue weighted by molar-refractivity contribution is 7.99. The first kappa shape index (κ1) is 13.6. The third-order valence-corrected chi connectivity index (χ3v) is 4.58. The highest BCUT2D eigenvalue weighted by atomic mass is 32.2. The average molecular weight is 281 g/mol. The van der Waals surface area contributed by atoms with E-state index in [2.05, 4.69) is 29.0 Å². The molecule has 3 nitrogen and oxygen atoms in total. The first-order chi connectivity index (χ1) is 8.69. The maximum Gasteiger partial charge on any atom is 0.126 e. The van der Waals surface area contributed by atoms with Crippen LogP contribution in [0.25, 0.3) is 0 Å². The molecule has 0 aromatic carbocycles. The topological polar surface area (TPSA) is 50.9 Å². The molecule has 0 saturated heterocycles. The predicted octanol–water partition coefficient (Wildman–Crippen LogP) is 2.80. The van der Waals surface area contributed by atoms with E-state index in [1.165, 1.54) is 25.0 Å². The fraction of sp³-hybridized carbons (Fsp3) is 0.538. The first-order valence-electron chi connectivity index (χ1n) is 6.34. The minimum absolute atomic E-state index is 0.351. The Morgan fingerprint density at radius 2 is 2.39 bits per heavy atom. The molecule has 3 N–H and O–H groups in total. The molecule has 0 amide bonds. The van der Waals surface area contributed by atoms with Crippen LogP contribution in [-0.4, -0.2) is 27.0 Å². The van der Waals surface area contributed by atoms with Gasteiger partial charge in [-0.25, -0.2) is 4.98 Å². The van der Waals surface area contributed by atoms with Gasteiger partial charge in [0.05, 0.1) is 5.69 Å². The van der Waals surface area contributed by atoms with Crippen molar-refractivity contribution in [1.82, 2.24) is 4.98 Å². The molecule has 2 unspecified atom stereocenters. The zero-order valence-corrected chi connectivity index (χ0v) is 12.2. The van der Waals surface area contributed by atoms with Crippen molar-refractivity contribution in [3.05, 3.63) is 23.9 Å². The molecule has 0 aliphatic heterocycles. The largest absolute Gasteiger partial charge is 0.388 e. The Morgan fingerprint density at radius 3 is 3.11 bits per heavy atom. The zero-order chi connectivity index (χ0) is 13.0. The summed E-state index contributed by atoms with van der Waals surface area (Å²) in [6.45, 7) is 2.22. The van der Waals surface area contributed by atoms with Crippen LogP contribution in [0.1, 0.15) is 31.9 Å². The summed E-state index contributed by atoms with van der Waals surface area (Å²) in [6, 6.07) is 6.29. The van der Waals surface area contributed by atoms with Gasteiger partial charge >= 0.3 is 0 Å². The molecular weight excluding hydrogens is 262 g/mol. The maximum absolute atomic E-state index is 5.59. The normalized spacial score (nSPS) is 22.9. The SMILES string of the molecule is CCSC1CCC(Nc2cccc(C(N)=S)n2)C1. The van der Waals surface area contributed by atoms with E-state index < -0.39 is 0 Å². The number of nitrogens with zero attached hydrogens (tertiary/aromatic N) is 1. The number of anilines is 1. The molecule has 18 heavy (non-hydrogen) atoms. The minimum atomic E-state index is 0.351. The summed E-state index contributed by atoms with van der Waals surface area (Å²) in [6.07, 6.45) is 3.74. The van der Waals surface area contributed by atoms with Gasteiger partial charge in [-0.15, -0.1) is 0 Å². The average Bonchev–Trinajstić information content (AvgIpc) is 2.77. The fourth-order valence-electron chi connectivity index (χ4n) is 2.32. The van der Waals surface area contributed by atoms with Crippen LogP contribution in [0.4, 0.5) is 5.82 Å². The van der Waals surface area contributed by atoms with Gasteiger partial charge in [-0.05, 0) is 37.1 Å². The van der Waals surface area contributed by atoms with Crippen LogP contribution in [0.2, 0.25) is 0 Å². The molecule has 1 aromatic heterocycles. The summed E-state index contributed by atoms with van der Waals surface area (Å²) in [7, 11) is 0. The van der Waals surface area contributed by atoms with Crippen LogP contribution < -0.4 is 11.1 Å². The fourth-order valence-corrected chi connectivity index (χ4v) is 3.58. The number of thiocarbonyl (C=S) groups is 1. The lowest BCUT2D eigenvalue weighted by atomic mass is 10.2. The second kappa shape index (κ2) is 6.38. The van der Waals surface area contributed by atoms with Gasteiger partial charge in [-0.3, -0.25) is 0 Å². The summed E-state index contributed by atoms with van der Waals surface area (Å²) < 4.78 is 0. The van der Waals surface area contributed by atoms with Crippen LogP contribution in [0, 0.1) is 0 Å². The molecule has 5 heteroatoms. The highest BCUT2D eigenvalue weighted by Crippen LogP contribution is 2.31. The van der Waals surface area contributed by atoms with Crippen LogP contribution in [0.5, 0.6) is 0 Å². The molecule has 1 saturated carbocycles. The molecule has 1 aliphatic carbocycles. The number of hydrogen-bond donors (Lipinski definition) is 2. The van der Waals surface area contributed by atoms with Crippen LogP contribution in [-0.2, 0) is 0 Å². The Hall–Kier alpha value is -0.810. The summed E-state index contributed by atoms with van der Waals surface area (Å²) >= 11 is 7.00. The molecule has 98 valence electrons. The number of nitrogens with one attached hydrogen (secondary N) is 1. The standard InChI is InChI=1S/C13H19N3S2/c1-2-18-10-7-6-9(8-10)15-12-5-3-4-11(16-12)13(14)17/h3-5,9-10H,2,6-8H2,1H3,(H2,14,17)(H,15,16). The van der Waals surface area contributed by atoms with E-state index >= 15 is 0 Å². The van der Waals surface area contributed by atoms with Gasteiger partial charge in [0.15, 0.2) is 0 Å². The second-order valence-corrected chi connectivity index (χ2v) is 6.52. The van der Waals surface area contributed by atoms with Crippen molar-refractivity contribution in [3.8, 4) is 0 Å². The summed E-state index contributed by atoms with van der Waals surface area (Å²) in [5, 5.41) is 4.28. The van der Waals surface area contributed by atoms with E-state index in [1.807, 2.05) is 18.2 Å². The van der Waals surface area contributed by atoms with E-state index in [1.54, 1.807) is 0 Å². The number of pyridine rings is 1. The monoisotopic (exact) mass is 281 g/mol. The lowest BCUT2D eigenvalue weighted by molar-refractivity contribution is 0.752. The van der Waals surface area contributed by atoms with Crippen molar-refractivity contribution in [2.24, 2.45) is 5.73 Å². The van der Waals surface area contributed by atoms with Crippen LogP contribution in [0.3, 0.4) is 0 Å². The number of thioether (sulfide) groups is 1. The van der Waals surface area contributed by atoms with Gasteiger partial charge < -0.3 is 11.1 Å². The van der Waals surface area contributed by atoms with Crippen molar-refractivity contribution in [1.29, 1.82) is 0 Å². The van der Waals surface area contributed by atoms with Gasteiger partial charge in [0.1, 0.15) is 10.8 Å². The van der Waals surface area contributed by atoms with E-state index in [4.69, 9.17) is 18.0 Å². The Morgan fingerprint density at radius 1 is 1.56 bits per heavy atom. The third-order valence-electron chi connectivity index (χ3n) is 3.14. The van der Waals surface area contributed by atoms with Gasteiger partial charge in [0.2, 0.25) is 0 Å². The molecule has 2 rings (SSSR count). The Kier molecular flexibility index (Phi) is 4.83. The first-order valence-corrected chi connectivity index (χ1v) is 7.79. The van der Waals surface area contributed by atoms with Crippen molar-refractivity contribution in [2.75, 3.05) is 11.1 Å². The summed E-state index contributed by atoms with van der Waals surface area (Å²) in [5.41, 5.74) is 6.28. The summed E-state index contributed by atoms with van der Waals surface area (Å²) in [5.74, 6) is 2.08. The van der Waals surface area contributed by atoms with Gasteiger partial charge in [0.25, 0.3) is 0 Å². The third kappa shape index (κ3) is 3.59. The molecule has 0 spiro atoms. The van der Waals surface area contributed by atoms with Gasteiger partial charge in [0, 0.05) is 11.3 Å². The number of aromatic nitrogens is 1. The lowest BCUT2D eigenvalue weighted by Gasteiger charge is -2.14. The quantitative estimate of drug-likeness (QED) is 0.813. The van der Waals surface area contributed by atoms with E-state index in [9.17, 15) is 0 Å². The second-order valence-electron chi connectivity index (χ2n) is 4.50. The Balaban J connectivity index is 1.94. The highest BCUT2D eigenvalue weighted by Gasteiger charge is 2.24. The molecule has 0 bridgehead atoms. The van der Waals surface area contributed by atoms with Crippen LogP contribution >= 0.6 is 24.0 Å². The summed E-state index contributed by atoms with van der Waals surface area (Å²) in [4.78, 5) is 4.77. The smallest absolute Gasteiger partial charge is 0.126 e. The number of hydrogen-bond acceptors (Lipinski definition) is 4. The van der Waals surface area contributed by atoms with Crippen LogP contribution in [0.15, 0.2) is 18.2 Å². The van der Waals surface area contributed by atoms with Gasteiger partial charge in [-0.2, -0.15) is 11.8 Å². The molecular formula is C13H19N3S2. The van der Waals surface area contributed by atoms with Crippen molar-refractivity contribution in [3.63, 3.8) is 0 Å². The number of rotatable bonds is 5. The minimum Gasteiger partial charge on any atom is -0.388 e. The molecule has 1 heterocycles. The maximum atomic E-state index is 5.59. The molecule has 2 atom stereocenters. The van der Waals surface area contributed by atoms with E-state index in [0.29, 0.717) is 16.7 Å². The van der Waals surface area contributed by atoms with Crippen molar-refractivity contribution in [2.45, 2.75) is 37.5 Å². The zero-order valence-electron chi connectivity index (χ0n) is 10.6. The Bertz CT molecular complexity index is 422. The predicted molar refractivity (Wildman–Crippen MR) is 83.3 cm³/mol. The lowest BCUT2D eigenvalue weighted by Crippen LogP contribution is -2.18. The molecule has 1 fully saturated rings. The molecule has 1 aromatic rings. The molecule has 1 aliphatic rings. The van der Waals surface area contributed by atoms with E-state index in [0.717, 1.165) is 11.1 Å². The molecule has 0 radical (unpaired) electrons. The number of nitrogens with two attached hydrogens (primary N) is 1. The van der Waals surface area contributed by atoms with Gasteiger partial charge in [-0.1, -0.05) is 25.2 Å². The Labute approximate surface area is 118 Å². The van der Waals surface area contributed by atoms with Crippen molar-refractivity contribution >= 4 is 34.8 Å². The van der Waals surface area contributed by atoms with E-state index in [-0.39, 0.29) is 0 Å².